The van der Waals surface area contributed by atoms with Crippen molar-refractivity contribution in [2.24, 2.45) is 0 Å². The summed E-state index contributed by atoms with van der Waals surface area (Å²) >= 11 is 0. The summed E-state index contributed by atoms with van der Waals surface area (Å²) in [6.45, 7) is 24.4. The molecule has 5 aliphatic rings. The molecule has 8 aromatic rings. The van der Waals surface area contributed by atoms with Crippen LogP contribution in [0.4, 0.5) is 51.2 Å². The molecule has 0 saturated heterocycles. The van der Waals surface area contributed by atoms with E-state index in [-0.39, 0.29) is 28.4 Å². The van der Waals surface area contributed by atoms with E-state index in [0.29, 0.717) is 0 Å². The van der Waals surface area contributed by atoms with E-state index >= 15 is 0 Å². The summed E-state index contributed by atoms with van der Waals surface area (Å²) in [5, 5.41) is 0. The van der Waals surface area contributed by atoms with Gasteiger partial charge in [0, 0.05) is 51.1 Å². The third-order valence-corrected chi connectivity index (χ3v) is 17.4. The summed E-state index contributed by atoms with van der Waals surface area (Å²) in [4.78, 5) is 7.83. The summed E-state index contributed by atoms with van der Waals surface area (Å²) < 4.78 is 0. The zero-order valence-corrected chi connectivity index (χ0v) is 42.8. The SMILES string of the molecule is Cc1cc2c3c(c1)N(c1cccc4c1-c1ccccc1C4)c1ccc(N(c4ccccc4)c4ccccc4)cc1B3c1cc3c(cc1N2c1cc2c(cc1C)C(C)(C)CCC2(C)C)C(C)(C)CC3(C)C. The number of hydrogen-bond donors (Lipinski definition) is 0. The Hall–Kier alpha value is -6.78. The Kier molecular flexibility index (Phi) is 9.19. The van der Waals surface area contributed by atoms with Crippen molar-refractivity contribution >= 4 is 74.3 Å². The van der Waals surface area contributed by atoms with Crippen LogP contribution in [0.25, 0.3) is 11.1 Å². The molecular formula is C66H64BN3. The first-order chi connectivity index (χ1) is 33.5. The predicted octanol–water partition coefficient (Wildman–Crippen LogP) is 15.7. The second-order valence-electron chi connectivity index (χ2n) is 24.1. The molecule has 0 fully saturated rings. The van der Waals surface area contributed by atoms with Crippen molar-refractivity contribution < 1.29 is 0 Å². The molecule has 346 valence electrons. The summed E-state index contributed by atoms with van der Waals surface area (Å²) in [7, 11) is 0. The summed E-state index contributed by atoms with van der Waals surface area (Å²) in [5.74, 6) is 0. The van der Waals surface area contributed by atoms with E-state index in [2.05, 4.69) is 242 Å². The Balaban J connectivity index is 1.15. The van der Waals surface area contributed by atoms with Gasteiger partial charge in [-0.05, 0) is 200 Å². The first-order valence-corrected chi connectivity index (χ1v) is 25.8. The highest BCUT2D eigenvalue weighted by Gasteiger charge is 2.49. The topological polar surface area (TPSA) is 9.72 Å². The number of hydrogen-bond acceptors (Lipinski definition) is 3. The quantitative estimate of drug-likeness (QED) is 0.159. The highest BCUT2D eigenvalue weighted by molar-refractivity contribution is 7.00. The van der Waals surface area contributed by atoms with Gasteiger partial charge in [0.1, 0.15) is 0 Å². The van der Waals surface area contributed by atoms with Crippen molar-refractivity contribution in [3.63, 3.8) is 0 Å². The number of anilines is 9. The minimum atomic E-state index is -0.0291. The molecule has 4 heteroatoms. The van der Waals surface area contributed by atoms with Gasteiger partial charge in [0.15, 0.2) is 0 Å². The van der Waals surface area contributed by atoms with E-state index in [1.54, 1.807) is 0 Å². The number of para-hydroxylation sites is 2. The van der Waals surface area contributed by atoms with Crippen LogP contribution < -0.4 is 31.1 Å². The second-order valence-corrected chi connectivity index (χ2v) is 24.1. The van der Waals surface area contributed by atoms with Gasteiger partial charge in [-0.2, -0.15) is 0 Å². The van der Waals surface area contributed by atoms with E-state index in [1.807, 2.05) is 0 Å². The van der Waals surface area contributed by atoms with Crippen molar-refractivity contribution in [2.75, 3.05) is 14.7 Å². The molecule has 3 aliphatic carbocycles. The molecule has 0 spiro atoms. The lowest BCUT2D eigenvalue weighted by Gasteiger charge is -2.47. The molecule has 2 aliphatic heterocycles. The normalized spacial score (nSPS) is 17.7. The maximum Gasteiger partial charge on any atom is 0.252 e. The minimum Gasteiger partial charge on any atom is -0.311 e. The van der Waals surface area contributed by atoms with Gasteiger partial charge >= 0.3 is 0 Å². The number of fused-ring (bicyclic) bond motifs is 9. The molecule has 0 bridgehead atoms. The fourth-order valence-corrected chi connectivity index (χ4v) is 14.2. The molecule has 0 N–H and O–H groups in total. The molecule has 0 amide bonds. The van der Waals surface area contributed by atoms with Gasteiger partial charge in [-0.25, -0.2) is 0 Å². The first-order valence-electron chi connectivity index (χ1n) is 25.8. The van der Waals surface area contributed by atoms with Gasteiger partial charge < -0.3 is 14.7 Å². The Morgan fingerprint density at radius 2 is 0.971 bits per heavy atom. The summed E-state index contributed by atoms with van der Waals surface area (Å²) in [6.07, 6.45) is 4.42. The molecule has 8 aromatic carbocycles. The Morgan fingerprint density at radius 3 is 1.64 bits per heavy atom. The molecule has 3 nitrogen and oxygen atoms in total. The van der Waals surface area contributed by atoms with Crippen molar-refractivity contribution in [1.29, 1.82) is 0 Å². The van der Waals surface area contributed by atoms with E-state index in [1.165, 1.54) is 119 Å². The van der Waals surface area contributed by atoms with Crippen LogP contribution in [0.1, 0.15) is 119 Å². The van der Waals surface area contributed by atoms with Crippen LogP contribution in [-0.4, -0.2) is 6.71 Å². The average molecular weight is 910 g/mol. The zero-order valence-electron chi connectivity index (χ0n) is 42.8. The lowest BCUT2D eigenvalue weighted by molar-refractivity contribution is 0.332. The zero-order chi connectivity index (χ0) is 48.2. The molecule has 2 heterocycles. The van der Waals surface area contributed by atoms with Gasteiger partial charge in [0.05, 0.1) is 5.69 Å². The van der Waals surface area contributed by atoms with Crippen molar-refractivity contribution in [2.45, 2.75) is 117 Å². The van der Waals surface area contributed by atoms with Crippen LogP contribution in [0.3, 0.4) is 0 Å². The van der Waals surface area contributed by atoms with Crippen molar-refractivity contribution in [1.82, 2.24) is 0 Å². The van der Waals surface area contributed by atoms with Gasteiger partial charge in [-0.1, -0.05) is 140 Å². The molecule has 0 saturated carbocycles. The maximum atomic E-state index is 2.73. The largest absolute Gasteiger partial charge is 0.311 e. The number of nitrogens with zero attached hydrogens (tertiary/aromatic N) is 3. The summed E-state index contributed by atoms with van der Waals surface area (Å²) in [6, 6.07) is 60.8. The predicted molar refractivity (Wildman–Crippen MR) is 299 cm³/mol. The van der Waals surface area contributed by atoms with Crippen LogP contribution in [0, 0.1) is 13.8 Å². The standard InChI is InChI=1S/C66H64BN3/c1-41-32-59-62-60(33-41)70(57-38-51-49(34-42(57)2)63(3,4)30-31-64(51,5)6)58-39-52-50(65(7,8)40-66(52,9)10)37-54(58)67(62)53-36-47(68(45-22-13-11-14-23-45)46-24-15-12-16-25-46)28-29-55(53)69(59)56-27-19-21-44-35-43-20-17-18-26-48(43)61(44)56/h11-29,32-34,36-39H,30-31,35,40H2,1-10H3. The molecule has 0 atom stereocenters. The highest BCUT2D eigenvalue weighted by atomic mass is 15.2. The molecule has 0 radical (unpaired) electrons. The fraction of sp³-hybridized carbons (Fsp3) is 0.273. The Morgan fingerprint density at radius 1 is 0.429 bits per heavy atom. The average Bonchev–Trinajstić information content (AvgIpc) is 3.80. The molecule has 0 unspecified atom stereocenters. The number of benzene rings is 8. The van der Waals surface area contributed by atoms with Crippen LogP contribution in [0.5, 0.6) is 0 Å². The van der Waals surface area contributed by atoms with Crippen LogP contribution >= 0.6 is 0 Å². The monoisotopic (exact) mass is 910 g/mol. The smallest absolute Gasteiger partial charge is 0.252 e. The molecule has 0 aromatic heterocycles. The van der Waals surface area contributed by atoms with Crippen molar-refractivity contribution in [3.05, 3.63) is 202 Å². The van der Waals surface area contributed by atoms with E-state index in [4.69, 9.17) is 0 Å². The van der Waals surface area contributed by atoms with E-state index in [9.17, 15) is 0 Å². The lowest BCUT2D eigenvalue weighted by atomic mass is 9.33. The van der Waals surface area contributed by atoms with Crippen LogP contribution in [-0.2, 0) is 28.1 Å². The fourth-order valence-electron chi connectivity index (χ4n) is 14.2. The van der Waals surface area contributed by atoms with E-state index < -0.39 is 0 Å². The molecule has 70 heavy (non-hydrogen) atoms. The third kappa shape index (κ3) is 6.27. The maximum absolute atomic E-state index is 2.73. The number of aryl methyl sites for hydroxylation is 2. The van der Waals surface area contributed by atoms with Crippen LogP contribution in [0.2, 0.25) is 0 Å². The minimum absolute atomic E-state index is 0.0210. The molecule has 13 rings (SSSR count). The van der Waals surface area contributed by atoms with Crippen LogP contribution in [0.15, 0.2) is 158 Å². The van der Waals surface area contributed by atoms with Crippen molar-refractivity contribution in [3.8, 4) is 11.1 Å². The molecular weight excluding hydrogens is 846 g/mol. The van der Waals surface area contributed by atoms with Gasteiger partial charge in [-0.15, -0.1) is 0 Å². The Labute approximate surface area is 416 Å². The highest BCUT2D eigenvalue weighted by Crippen LogP contribution is 2.56. The van der Waals surface area contributed by atoms with Gasteiger partial charge in [0.2, 0.25) is 0 Å². The summed E-state index contributed by atoms with van der Waals surface area (Å²) in [5.41, 5.74) is 29.5. The lowest BCUT2D eigenvalue weighted by Crippen LogP contribution is -2.61. The van der Waals surface area contributed by atoms with Gasteiger partial charge in [0.25, 0.3) is 6.71 Å². The number of rotatable bonds is 5. The third-order valence-electron chi connectivity index (χ3n) is 17.4. The second kappa shape index (κ2) is 14.9. The van der Waals surface area contributed by atoms with Gasteiger partial charge in [-0.3, -0.25) is 0 Å². The van der Waals surface area contributed by atoms with E-state index in [0.717, 1.165) is 29.9 Å². The first kappa shape index (κ1) is 43.3. The Bertz CT molecular complexity index is 3450.